The molecule has 1 heterocycles. The fourth-order valence-corrected chi connectivity index (χ4v) is 2.68. The second-order valence-electron chi connectivity index (χ2n) is 4.10. The average Bonchev–Trinajstić information content (AvgIpc) is 2.96. The summed E-state index contributed by atoms with van der Waals surface area (Å²) in [5.74, 6) is 0.476. The molecule has 0 aromatic carbocycles. The van der Waals surface area contributed by atoms with Crippen molar-refractivity contribution in [1.29, 1.82) is 0 Å². The van der Waals surface area contributed by atoms with E-state index < -0.39 is 0 Å². The lowest BCUT2D eigenvalue weighted by molar-refractivity contribution is 0.0663. The minimum atomic E-state index is 0.0244. The molecular formula is C12H16BrNO2. The predicted molar refractivity (Wildman–Crippen MR) is 65.8 cm³/mol. The largest absolute Gasteiger partial charge is 0.459 e. The summed E-state index contributed by atoms with van der Waals surface area (Å²) in [5.41, 5.74) is 0. The molecule has 0 unspecified atom stereocenters. The van der Waals surface area contributed by atoms with Gasteiger partial charge in [0, 0.05) is 17.9 Å². The standard InChI is InChI=1S/C12H16BrNO2/c13-7-8-14(10-4-1-2-5-10)12(15)11-6-3-9-16-11/h3,6,9-10H,1-2,4-5,7-8H2. The molecule has 1 aliphatic carbocycles. The Balaban J connectivity index is 2.09. The molecule has 0 aliphatic heterocycles. The Hall–Kier alpha value is -0.770. The van der Waals surface area contributed by atoms with Crippen molar-refractivity contribution in [3.63, 3.8) is 0 Å². The van der Waals surface area contributed by atoms with E-state index in [1.54, 1.807) is 18.4 Å². The third-order valence-corrected chi connectivity index (χ3v) is 3.44. The number of furan rings is 1. The zero-order chi connectivity index (χ0) is 11.4. The van der Waals surface area contributed by atoms with E-state index >= 15 is 0 Å². The van der Waals surface area contributed by atoms with E-state index in [9.17, 15) is 4.79 Å². The van der Waals surface area contributed by atoms with Crippen molar-refractivity contribution in [2.45, 2.75) is 31.7 Å². The lowest BCUT2D eigenvalue weighted by Gasteiger charge is -2.27. The van der Waals surface area contributed by atoms with Gasteiger partial charge in [-0.3, -0.25) is 4.79 Å². The minimum absolute atomic E-state index is 0.0244. The summed E-state index contributed by atoms with van der Waals surface area (Å²) in [5, 5.41) is 0.815. The Kier molecular flexibility index (Phi) is 4.04. The predicted octanol–water partition coefficient (Wildman–Crippen LogP) is 3.06. The summed E-state index contributed by atoms with van der Waals surface area (Å²) in [6.07, 6.45) is 6.26. The maximum atomic E-state index is 12.2. The molecule has 1 aromatic rings. The van der Waals surface area contributed by atoms with Crippen molar-refractivity contribution in [3.05, 3.63) is 24.2 Å². The number of hydrogen-bond donors (Lipinski definition) is 0. The Morgan fingerprint density at radius 3 is 2.81 bits per heavy atom. The fraction of sp³-hybridized carbons (Fsp3) is 0.583. The van der Waals surface area contributed by atoms with Crippen molar-refractivity contribution >= 4 is 21.8 Å². The number of carbonyl (C=O) groups excluding carboxylic acids is 1. The third kappa shape index (κ3) is 2.48. The number of hydrogen-bond acceptors (Lipinski definition) is 2. The highest BCUT2D eigenvalue weighted by Gasteiger charge is 2.27. The molecule has 0 atom stereocenters. The molecular weight excluding hydrogens is 270 g/mol. The highest BCUT2D eigenvalue weighted by atomic mass is 79.9. The molecule has 0 radical (unpaired) electrons. The van der Waals surface area contributed by atoms with Crippen molar-refractivity contribution < 1.29 is 9.21 Å². The van der Waals surface area contributed by atoms with Crippen LogP contribution in [-0.4, -0.2) is 28.7 Å². The molecule has 0 bridgehead atoms. The topological polar surface area (TPSA) is 33.5 Å². The third-order valence-electron chi connectivity index (χ3n) is 3.08. The van der Waals surface area contributed by atoms with E-state index in [0.717, 1.165) is 24.7 Å². The van der Waals surface area contributed by atoms with Gasteiger partial charge < -0.3 is 9.32 Å². The van der Waals surface area contributed by atoms with Gasteiger partial charge in [0.25, 0.3) is 5.91 Å². The molecule has 1 amide bonds. The van der Waals surface area contributed by atoms with Crippen LogP contribution in [0, 0.1) is 0 Å². The molecule has 1 aromatic heterocycles. The van der Waals surface area contributed by atoms with Crippen LogP contribution >= 0.6 is 15.9 Å². The number of nitrogens with zero attached hydrogens (tertiary/aromatic N) is 1. The molecule has 1 aliphatic rings. The van der Waals surface area contributed by atoms with Crippen molar-refractivity contribution in [1.82, 2.24) is 4.90 Å². The van der Waals surface area contributed by atoms with E-state index in [2.05, 4.69) is 15.9 Å². The first kappa shape index (κ1) is 11.7. The fourth-order valence-electron chi connectivity index (χ4n) is 2.30. The summed E-state index contributed by atoms with van der Waals surface area (Å²) in [7, 11) is 0. The summed E-state index contributed by atoms with van der Waals surface area (Å²) in [6.45, 7) is 0.754. The van der Waals surface area contributed by atoms with Crippen LogP contribution in [0.5, 0.6) is 0 Å². The summed E-state index contributed by atoms with van der Waals surface area (Å²) < 4.78 is 5.18. The number of alkyl halides is 1. The first-order chi connectivity index (χ1) is 7.83. The summed E-state index contributed by atoms with van der Waals surface area (Å²) in [6, 6.07) is 3.89. The number of carbonyl (C=O) groups is 1. The first-order valence-electron chi connectivity index (χ1n) is 5.73. The highest BCUT2D eigenvalue weighted by molar-refractivity contribution is 9.09. The number of rotatable bonds is 4. The zero-order valence-corrected chi connectivity index (χ0v) is 10.8. The van der Waals surface area contributed by atoms with Crippen LogP contribution in [0.2, 0.25) is 0 Å². The smallest absolute Gasteiger partial charge is 0.289 e. The molecule has 2 rings (SSSR count). The molecule has 3 nitrogen and oxygen atoms in total. The van der Waals surface area contributed by atoms with Gasteiger partial charge in [-0.1, -0.05) is 28.8 Å². The van der Waals surface area contributed by atoms with Crippen LogP contribution in [0.4, 0.5) is 0 Å². The van der Waals surface area contributed by atoms with Gasteiger partial charge in [0.1, 0.15) is 0 Å². The zero-order valence-electron chi connectivity index (χ0n) is 9.19. The van der Waals surface area contributed by atoms with E-state index in [0.29, 0.717) is 11.8 Å². The van der Waals surface area contributed by atoms with Crippen molar-refractivity contribution in [3.8, 4) is 0 Å². The molecule has 0 saturated heterocycles. The van der Waals surface area contributed by atoms with Crippen LogP contribution < -0.4 is 0 Å². The second-order valence-corrected chi connectivity index (χ2v) is 4.90. The molecule has 16 heavy (non-hydrogen) atoms. The van der Waals surface area contributed by atoms with Gasteiger partial charge in [0.05, 0.1) is 6.26 Å². The Morgan fingerprint density at radius 2 is 2.25 bits per heavy atom. The van der Waals surface area contributed by atoms with E-state index in [1.165, 1.54) is 12.8 Å². The van der Waals surface area contributed by atoms with Gasteiger partial charge in [-0.25, -0.2) is 0 Å². The Morgan fingerprint density at radius 1 is 1.50 bits per heavy atom. The van der Waals surface area contributed by atoms with E-state index in [1.807, 2.05) is 4.90 Å². The molecule has 4 heteroatoms. The van der Waals surface area contributed by atoms with Crippen LogP contribution in [0.15, 0.2) is 22.8 Å². The van der Waals surface area contributed by atoms with Gasteiger partial charge in [0.15, 0.2) is 5.76 Å². The van der Waals surface area contributed by atoms with Crippen LogP contribution in [0.1, 0.15) is 36.2 Å². The normalized spacial score (nSPS) is 16.6. The van der Waals surface area contributed by atoms with E-state index in [-0.39, 0.29) is 5.91 Å². The quantitative estimate of drug-likeness (QED) is 0.797. The lowest BCUT2D eigenvalue weighted by Crippen LogP contribution is -2.39. The first-order valence-corrected chi connectivity index (χ1v) is 6.85. The Labute approximate surface area is 104 Å². The summed E-state index contributed by atoms with van der Waals surface area (Å²) in [4.78, 5) is 14.1. The molecule has 1 saturated carbocycles. The molecule has 0 spiro atoms. The summed E-state index contributed by atoms with van der Waals surface area (Å²) >= 11 is 3.40. The van der Waals surface area contributed by atoms with Gasteiger partial charge in [-0.15, -0.1) is 0 Å². The molecule has 1 fully saturated rings. The molecule has 88 valence electrons. The monoisotopic (exact) mass is 285 g/mol. The second kappa shape index (κ2) is 5.53. The minimum Gasteiger partial charge on any atom is -0.459 e. The SMILES string of the molecule is O=C(c1ccco1)N(CCBr)C1CCCC1. The average molecular weight is 286 g/mol. The number of amides is 1. The van der Waals surface area contributed by atoms with Gasteiger partial charge in [0.2, 0.25) is 0 Å². The highest BCUT2D eigenvalue weighted by Crippen LogP contribution is 2.25. The van der Waals surface area contributed by atoms with Gasteiger partial charge in [-0.05, 0) is 25.0 Å². The maximum absolute atomic E-state index is 12.2. The van der Waals surface area contributed by atoms with Crippen LogP contribution in [-0.2, 0) is 0 Å². The Bertz CT molecular complexity index is 331. The van der Waals surface area contributed by atoms with Crippen molar-refractivity contribution in [2.24, 2.45) is 0 Å². The van der Waals surface area contributed by atoms with Crippen LogP contribution in [0.25, 0.3) is 0 Å². The maximum Gasteiger partial charge on any atom is 0.289 e. The van der Waals surface area contributed by atoms with E-state index in [4.69, 9.17) is 4.42 Å². The van der Waals surface area contributed by atoms with Gasteiger partial charge in [-0.2, -0.15) is 0 Å². The molecule has 0 N–H and O–H groups in total. The van der Waals surface area contributed by atoms with Crippen LogP contribution in [0.3, 0.4) is 0 Å². The van der Waals surface area contributed by atoms with Gasteiger partial charge >= 0.3 is 0 Å². The lowest BCUT2D eigenvalue weighted by atomic mass is 10.2. The number of halogens is 1. The van der Waals surface area contributed by atoms with Crippen molar-refractivity contribution in [2.75, 3.05) is 11.9 Å².